The predicted octanol–water partition coefficient (Wildman–Crippen LogP) is 3.83. The molecular weight excluding hydrogens is 361 g/mol. The van der Waals surface area contributed by atoms with Crippen molar-refractivity contribution in [2.45, 2.75) is 64.0 Å². The number of nitrogens with zero attached hydrogens (tertiary/aromatic N) is 2. The van der Waals surface area contributed by atoms with Gasteiger partial charge < -0.3 is 9.84 Å². The Kier molecular flexibility index (Phi) is 4.91. The third-order valence-corrected chi connectivity index (χ3v) is 5.76. The van der Waals surface area contributed by atoms with Crippen LogP contribution in [0.1, 0.15) is 61.6 Å². The summed E-state index contributed by atoms with van der Waals surface area (Å²) in [4.78, 5) is 27.4. The van der Waals surface area contributed by atoms with Crippen molar-refractivity contribution in [2.75, 3.05) is 0 Å². The lowest BCUT2D eigenvalue weighted by Gasteiger charge is -2.27. The molecule has 0 radical (unpaired) electrons. The van der Waals surface area contributed by atoms with E-state index in [9.17, 15) is 14.0 Å². The van der Waals surface area contributed by atoms with Crippen molar-refractivity contribution in [3.05, 3.63) is 52.7 Å². The SMILES string of the molecule is CCCCC1(c2ccc(F)cc2)NC(=O)N(Cc2noc3c2CCCC3)C1=O. The molecule has 1 aliphatic heterocycles. The number of fused-ring (bicyclic) bond motifs is 1. The standard InChI is InChI=1S/C21H24FN3O3/c1-2-3-12-21(14-8-10-15(22)11-9-14)19(26)25(20(27)23-21)13-17-16-6-4-5-7-18(16)28-24-17/h8-11H,2-7,12-13H2,1H3,(H,23,27). The molecule has 7 heteroatoms. The van der Waals surface area contributed by atoms with Gasteiger partial charge in [-0.15, -0.1) is 0 Å². The van der Waals surface area contributed by atoms with E-state index in [1.54, 1.807) is 12.1 Å². The molecule has 1 aliphatic carbocycles. The number of imide groups is 1. The fraction of sp³-hybridized carbons (Fsp3) is 0.476. The van der Waals surface area contributed by atoms with E-state index in [0.29, 0.717) is 17.7 Å². The van der Waals surface area contributed by atoms with Crippen molar-refractivity contribution in [1.29, 1.82) is 0 Å². The van der Waals surface area contributed by atoms with E-state index in [2.05, 4.69) is 10.5 Å². The lowest BCUT2D eigenvalue weighted by atomic mass is 9.84. The first-order valence-corrected chi connectivity index (χ1v) is 9.91. The number of benzene rings is 1. The zero-order valence-electron chi connectivity index (χ0n) is 16.0. The Labute approximate surface area is 163 Å². The van der Waals surface area contributed by atoms with Crippen LogP contribution in [0.5, 0.6) is 0 Å². The lowest BCUT2D eigenvalue weighted by Crippen LogP contribution is -2.44. The number of aryl methyl sites for hydroxylation is 1. The second kappa shape index (κ2) is 7.37. The maximum atomic E-state index is 13.4. The zero-order valence-corrected chi connectivity index (χ0v) is 16.0. The first-order valence-electron chi connectivity index (χ1n) is 9.91. The van der Waals surface area contributed by atoms with Crippen LogP contribution in [0.25, 0.3) is 0 Å². The molecule has 28 heavy (non-hydrogen) atoms. The van der Waals surface area contributed by atoms with Crippen LogP contribution in [0.2, 0.25) is 0 Å². The average molecular weight is 385 g/mol. The Hall–Kier alpha value is -2.70. The van der Waals surface area contributed by atoms with E-state index >= 15 is 0 Å². The highest BCUT2D eigenvalue weighted by atomic mass is 19.1. The normalized spacial score (nSPS) is 21.7. The van der Waals surface area contributed by atoms with Gasteiger partial charge in [-0.25, -0.2) is 9.18 Å². The van der Waals surface area contributed by atoms with Crippen LogP contribution in [0.3, 0.4) is 0 Å². The predicted molar refractivity (Wildman–Crippen MR) is 99.8 cm³/mol. The van der Waals surface area contributed by atoms with Crippen molar-refractivity contribution in [3.8, 4) is 0 Å². The van der Waals surface area contributed by atoms with E-state index in [0.717, 1.165) is 49.8 Å². The summed E-state index contributed by atoms with van der Waals surface area (Å²) in [5, 5.41) is 7.01. The van der Waals surface area contributed by atoms with Crippen LogP contribution in [-0.4, -0.2) is 22.0 Å². The van der Waals surface area contributed by atoms with Crippen molar-refractivity contribution in [2.24, 2.45) is 0 Å². The van der Waals surface area contributed by atoms with Gasteiger partial charge in [0.1, 0.15) is 22.8 Å². The molecule has 2 aliphatic rings. The Morgan fingerprint density at radius 3 is 2.71 bits per heavy atom. The molecule has 1 N–H and O–H groups in total. The first kappa shape index (κ1) is 18.7. The molecule has 1 unspecified atom stereocenters. The van der Waals surface area contributed by atoms with Gasteiger partial charge in [0.15, 0.2) is 0 Å². The minimum absolute atomic E-state index is 0.0958. The van der Waals surface area contributed by atoms with Gasteiger partial charge in [0.2, 0.25) is 0 Å². The van der Waals surface area contributed by atoms with Crippen molar-refractivity contribution < 1.29 is 18.5 Å². The maximum Gasteiger partial charge on any atom is 0.325 e. The lowest BCUT2D eigenvalue weighted by molar-refractivity contribution is -0.132. The minimum Gasteiger partial charge on any atom is -0.361 e. The van der Waals surface area contributed by atoms with Gasteiger partial charge in [0, 0.05) is 12.0 Å². The fourth-order valence-electron chi connectivity index (χ4n) is 4.18. The number of aromatic nitrogens is 1. The highest BCUT2D eigenvalue weighted by Crippen LogP contribution is 2.35. The van der Waals surface area contributed by atoms with Crippen LogP contribution >= 0.6 is 0 Å². The number of nitrogens with one attached hydrogen (secondary N) is 1. The summed E-state index contributed by atoms with van der Waals surface area (Å²) in [6.45, 7) is 2.12. The third kappa shape index (κ3) is 3.08. The van der Waals surface area contributed by atoms with Crippen LogP contribution < -0.4 is 5.32 Å². The fourth-order valence-corrected chi connectivity index (χ4v) is 4.18. The first-order chi connectivity index (χ1) is 13.5. The minimum atomic E-state index is -1.16. The highest BCUT2D eigenvalue weighted by Gasteiger charge is 2.52. The third-order valence-electron chi connectivity index (χ3n) is 5.76. The number of unbranched alkanes of at least 4 members (excludes halogenated alkanes) is 1. The quantitative estimate of drug-likeness (QED) is 0.767. The maximum absolute atomic E-state index is 13.4. The van der Waals surface area contributed by atoms with Gasteiger partial charge in [-0.3, -0.25) is 9.69 Å². The number of amides is 3. The van der Waals surface area contributed by atoms with Crippen LogP contribution in [0, 0.1) is 5.82 Å². The number of urea groups is 1. The second-order valence-corrected chi connectivity index (χ2v) is 7.58. The number of carbonyl (C=O) groups excluding carboxylic acids is 2. The summed E-state index contributed by atoms with van der Waals surface area (Å²) < 4.78 is 18.8. The largest absolute Gasteiger partial charge is 0.361 e. The molecule has 1 aromatic heterocycles. The van der Waals surface area contributed by atoms with Crippen molar-refractivity contribution in [1.82, 2.24) is 15.4 Å². The molecule has 1 atom stereocenters. The number of halogens is 1. The smallest absolute Gasteiger partial charge is 0.325 e. The van der Waals surface area contributed by atoms with Gasteiger partial charge >= 0.3 is 6.03 Å². The Morgan fingerprint density at radius 1 is 1.21 bits per heavy atom. The zero-order chi connectivity index (χ0) is 19.7. The average Bonchev–Trinajstić information content (AvgIpc) is 3.22. The molecule has 148 valence electrons. The molecule has 0 bridgehead atoms. The molecule has 6 nitrogen and oxygen atoms in total. The number of rotatable bonds is 6. The summed E-state index contributed by atoms with van der Waals surface area (Å²) in [7, 11) is 0. The topological polar surface area (TPSA) is 75.4 Å². The van der Waals surface area contributed by atoms with Gasteiger partial charge in [-0.1, -0.05) is 37.1 Å². The molecule has 0 spiro atoms. The van der Waals surface area contributed by atoms with Crippen LogP contribution in [0.15, 0.2) is 28.8 Å². The summed E-state index contributed by atoms with van der Waals surface area (Å²) in [6, 6.07) is 5.34. The van der Waals surface area contributed by atoms with Crippen LogP contribution in [0.4, 0.5) is 9.18 Å². The van der Waals surface area contributed by atoms with E-state index in [1.165, 1.54) is 17.0 Å². The molecule has 1 aromatic carbocycles. The Morgan fingerprint density at radius 2 is 1.96 bits per heavy atom. The number of hydrogen-bond acceptors (Lipinski definition) is 4. The molecular formula is C21H24FN3O3. The second-order valence-electron chi connectivity index (χ2n) is 7.58. The molecule has 1 fully saturated rings. The van der Waals surface area contributed by atoms with E-state index in [-0.39, 0.29) is 18.3 Å². The molecule has 3 amide bonds. The summed E-state index contributed by atoms with van der Waals surface area (Å²) in [5.41, 5.74) is 1.12. The van der Waals surface area contributed by atoms with Gasteiger partial charge in [-0.05, 0) is 43.4 Å². The Bertz CT molecular complexity index is 893. The monoisotopic (exact) mass is 385 g/mol. The van der Waals surface area contributed by atoms with Gasteiger partial charge in [-0.2, -0.15) is 0 Å². The van der Waals surface area contributed by atoms with E-state index in [4.69, 9.17) is 4.52 Å². The Balaban J connectivity index is 1.65. The van der Waals surface area contributed by atoms with Crippen LogP contribution in [-0.2, 0) is 29.7 Å². The number of hydrogen-bond donors (Lipinski definition) is 1. The highest BCUT2D eigenvalue weighted by molar-refractivity contribution is 6.07. The van der Waals surface area contributed by atoms with Gasteiger partial charge in [0.25, 0.3) is 5.91 Å². The molecule has 4 rings (SSSR count). The summed E-state index contributed by atoms with van der Waals surface area (Å²) >= 11 is 0. The van der Waals surface area contributed by atoms with E-state index in [1.807, 2.05) is 6.92 Å². The summed E-state index contributed by atoms with van der Waals surface area (Å²) in [6.07, 6.45) is 5.93. The van der Waals surface area contributed by atoms with E-state index < -0.39 is 11.6 Å². The number of carbonyl (C=O) groups is 2. The molecule has 2 heterocycles. The van der Waals surface area contributed by atoms with Crippen molar-refractivity contribution >= 4 is 11.9 Å². The molecule has 0 saturated carbocycles. The molecule has 2 aromatic rings. The van der Waals surface area contributed by atoms with Gasteiger partial charge in [0.05, 0.1) is 6.54 Å². The molecule has 1 saturated heterocycles. The van der Waals surface area contributed by atoms with Crippen molar-refractivity contribution in [3.63, 3.8) is 0 Å². The summed E-state index contributed by atoms with van der Waals surface area (Å²) in [5.74, 6) is 0.173.